The molecule has 0 aromatic heterocycles. The van der Waals surface area contributed by atoms with Gasteiger partial charge in [0, 0.05) is 18.7 Å². The van der Waals surface area contributed by atoms with Crippen LogP contribution in [0.5, 0.6) is 0 Å². The zero-order valence-electron chi connectivity index (χ0n) is 9.96. The van der Waals surface area contributed by atoms with Crippen molar-refractivity contribution in [2.45, 2.75) is 18.9 Å². The SMILES string of the molecule is O=C1Nc2cc([N+](=O)[O-])ccc2C(=O)N2CCC[C@@H]12. The Hall–Kier alpha value is -2.44. The molecule has 7 nitrogen and oxygen atoms in total. The van der Waals surface area contributed by atoms with Gasteiger partial charge >= 0.3 is 0 Å². The van der Waals surface area contributed by atoms with Crippen LogP contribution in [0.15, 0.2) is 18.2 Å². The minimum atomic E-state index is -0.553. The van der Waals surface area contributed by atoms with Gasteiger partial charge in [0.15, 0.2) is 0 Å². The van der Waals surface area contributed by atoms with Crippen molar-refractivity contribution in [3.05, 3.63) is 33.9 Å². The number of fused-ring (bicyclic) bond motifs is 2. The van der Waals surface area contributed by atoms with Gasteiger partial charge in [0.2, 0.25) is 5.91 Å². The second-order valence-electron chi connectivity index (χ2n) is 4.63. The molecule has 2 aliphatic rings. The van der Waals surface area contributed by atoms with Crippen molar-refractivity contribution < 1.29 is 14.5 Å². The highest BCUT2D eigenvalue weighted by molar-refractivity contribution is 6.10. The molecule has 1 N–H and O–H groups in total. The molecule has 2 amide bonds. The van der Waals surface area contributed by atoms with Gasteiger partial charge in [-0.15, -0.1) is 0 Å². The van der Waals surface area contributed by atoms with Gasteiger partial charge in [0.1, 0.15) is 6.04 Å². The number of amides is 2. The number of nitro benzene ring substituents is 1. The van der Waals surface area contributed by atoms with E-state index in [1.165, 1.54) is 23.1 Å². The summed E-state index contributed by atoms with van der Waals surface area (Å²) in [6.07, 6.45) is 1.43. The fourth-order valence-corrected chi connectivity index (χ4v) is 2.59. The summed E-state index contributed by atoms with van der Waals surface area (Å²) in [5.74, 6) is -0.518. The van der Waals surface area contributed by atoms with Crippen molar-refractivity contribution in [1.82, 2.24) is 4.90 Å². The summed E-state index contributed by atoms with van der Waals surface area (Å²) in [6.45, 7) is 0.549. The Morgan fingerprint density at radius 3 is 2.89 bits per heavy atom. The van der Waals surface area contributed by atoms with Gasteiger partial charge in [-0.2, -0.15) is 0 Å². The van der Waals surface area contributed by atoms with E-state index in [1.807, 2.05) is 0 Å². The monoisotopic (exact) mass is 261 g/mol. The van der Waals surface area contributed by atoms with Gasteiger partial charge in [0.05, 0.1) is 16.2 Å². The second-order valence-corrected chi connectivity index (χ2v) is 4.63. The van der Waals surface area contributed by atoms with E-state index >= 15 is 0 Å². The number of nitrogens with one attached hydrogen (secondary N) is 1. The smallest absolute Gasteiger partial charge is 0.271 e. The zero-order chi connectivity index (χ0) is 13.6. The first-order valence-electron chi connectivity index (χ1n) is 5.98. The Morgan fingerprint density at radius 2 is 2.16 bits per heavy atom. The topological polar surface area (TPSA) is 92.5 Å². The van der Waals surface area contributed by atoms with Crippen LogP contribution in [-0.2, 0) is 4.79 Å². The highest BCUT2D eigenvalue weighted by atomic mass is 16.6. The third kappa shape index (κ3) is 1.74. The first-order valence-corrected chi connectivity index (χ1v) is 5.98. The largest absolute Gasteiger partial charge is 0.327 e. The summed E-state index contributed by atoms with van der Waals surface area (Å²) in [4.78, 5) is 36.0. The molecule has 98 valence electrons. The molecular formula is C12H11N3O4. The molecule has 0 radical (unpaired) electrons. The summed E-state index contributed by atoms with van der Waals surface area (Å²) in [7, 11) is 0. The number of rotatable bonds is 1. The van der Waals surface area contributed by atoms with Crippen molar-refractivity contribution in [2.75, 3.05) is 11.9 Å². The quantitative estimate of drug-likeness (QED) is 0.606. The number of carbonyl (C=O) groups excluding carboxylic acids is 2. The van der Waals surface area contributed by atoms with Gasteiger partial charge in [-0.25, -0.2) is 0 Å². The highest BCUT2D eigenvalue weighted by Gasteiger charge is 2.38. The predicted molar refractivity (Wildman–Crippen MR) is 65.8 cm³/mol. The van der Waals surface area contributed by atoms with Crippen molar-refractivity contribution in [3.63, 3.8) is 0 Å². The molecule has 0 saturated carbocycles. The number of hydrogen-bond donors (Lipinski definition) is 1. The fourth-order valence-electron chi connectivity index (χ4n) is 2.59. The van der Waals surface area contributed by atoms with Crippen LogP contribution in [0, 0.1) is 10.1 Å². The molecule has 0 spiro atoms. The summed E-state index contributed by atoms with van der Waals surface area (Å²) in [6, 6.07) is 3.45. The lowest BCUT2D eigenvalue weighted by atomic mass is 10.1. The number of carbonyl (C=O) groups is 2. The molecule has 7 heteroatoms. The summed E-state index contributed by atoms with van der Waals surface area (Å²) >= 11 is 0. The van der Waals surface area contributed by atoms with Crippen LogP contribution >= 0.6 is 0 Å². The van der Waals surface area contributed by atoms with Crippen LogP contribution in [0.3, 0.4) is 0 Å². The van der Waals surface area contributed by atoms with Crippen molar-refractivity contribution in [2.24, 2.45) is 0 Å². The lowest BCUT2D eigenvalue weighted by Gasteiger charge is -2.19. The molecule has 2 heterocycles. The Kier molecular flexibility index (Phi) is 2.48. The van der Waals surface area contributed by atoms with E-state index in [4.69, 9.17) is 0 Å². The third-order valence-electron chi connectivity index (χ3n) is 3.52. The summed E-state index contributed by atoms with van der Waals surface area (Å²) < 4.78 is 0. The van der Waals surface area contributed by atoms with Crippen LogP contribution < -0.4 is 5.32 Å². The fraction of sp³-hybridized carbons (Fsp3) is 0.333. The highest BCUT2D eigenvalue weighted by Crippen LogP contribution is 2.30. The van der Waals surface area contributed by atoms with Crippen molar-refractivity contribution >= 4 is 23.2 Å². The number of non-ortho nitro benzene ring substituents is 1. The maximum absolute atomic E-state index is 12.3. The van der Waals surface area contributed by atoms with Crippen LogP contribution in [0.2, 0.25) is 0 Å². The van der Waals surface area contributed by atoms with Gasteiger partial charge in [0.25, 0.3) is 11.6 Å². The first-order chi connectivity index (χ1) is 9.08. The number of benzene rings is 1. The zero-order valence-corrected chi connectivity index (χ0v) is 9.96. The molecule has 0 aliphatic carbocycles. The van der Waals surface area contributed by atoms with Gasteiger partial charge in [-0.1, -0.05) is 0 Å². The normalized spacial score (nSPS) is 21.5. The van der Waals surface area contributed by atoms with Gasteiger partial charge in [-0.3, -0.25) is 19.7 Å². The molecule has 19 heavy (non-hydrogen) atoms. The average Bonchev–Trinajstić information content (AvgIpc) is 2.83. The number of nitro groups is 1. The van der Waals surface area contributed by atoms with Crippen LogP contribution in [-0.4, -0.2) is 34.2 Å². The molecule has 0 unspecified atom stereocenters. The van der Waals surface area contributed by atoms with Crippen LogP contribution in [0.1, 0.15) is 23.2 Å². The Morgan fingerprint density at radius 1 is 1.37 bits per heavy atom. The first kappa shape index (κ1) is 11.6. The number of anilines is 1. The van der Waals surface area contributed by atoms with E-state index in [2.05, 4.69) is 5.32 Å². The molecule has 1 aromatic carbocycles. The summed E-state index contributed by atoms with van der Waals surface area (Å²) in [5.41, 5.74) is 0.385. The minimum absolute atomic E-state index is 0.145. The van der Waals surface area contributed by atoms with Gasteiger partial charge in [-0.05, 0) is 18.9 Å². The van der Waals surface area contributed by atoms with E-state index in [0.29, 0.717) is 18.5 Å². The lowest BCUT2D eigenvalue weighted by molar-refractivity contribution is -0.384. The predicted octanol–water partition coefficient (Wildman–Crippen LogP) is 1.15. The van der Waals surface area contributed by atoms with Crippen LogP contribution in [0.25, 0.3) is 0 Å². The summed E-state index contributed by atoms with van der Waals surface area (Å²) in [5, 5.41) is 13.3. The maximum Gasteiger partial charge on any atom is 0.271 e. The molecule has 3 rings (SSSR count). The minimum Gasteiger partial charge on any atom is -0.327 e. The van der Waals surface area contributed by atoms with E-state index in [9.17, 15) is 19.7 Å². The van der Waals surface area contributed by atoms with Crippen molar-refractivity contribution in [3.8, 4) is 0 Å². The van der Waals surface area contributed by atoms with Crippen LogP contribution in [0.4, 0.5) is 11.4 Å². The molecule has 1 aromatic rings. The molecule has 1 fully saturated rings. The Labute approximate surface area is 108 Å². The Bertz CT molecular complexity index is 599. The van der Waals surface area contributed by atoms with E-state index < -0.39 is 11.0 Å². The molecular weight excluding hydrogens is 250 g/mol. The standard InChI is InChI=1S/C12H11N3O4/c16-11-10-2-1-5-14(10)12(17)8-4-3-7(15(18)19)6-9(8)13-11/h3-4,6,10H,1-2,5H2,(H,13,16)/t10-/m0/s1. The number of nitrogens with zero attached hydrogens (tertiary/aromatic N) is 2. The van der Waals surface area contributed by atoms with E-state index in [1.54, 1.807) is 0 Å². The molecule has 1 atom stereocenters. The van der Waals surface area contributed by atoms with E-state index in [-0.39, 0.29) is 23.2 Å². The molecule has 1 saturated heterocycles. The second kappa shape index (κ2) is 4.04. The average molecular weight is 261 g/mol. The lowest BCUT2D eigenvalue weighted by Crippen LogP contribution is -2.40. The molecule has 2 aliphatic heterocycles. The van der Waals surface area contributed by atoms with Gasteiger partial charge < -0.3 is 10.2 Å². The Balaban J connectivity index is 2.09. The number of hydrogen-bond acceptors (Lipinski definition) is 4. The third-order valence-corrected chi connectivity index (χ3v) is 3.52. The molecule has 0 bridgehead atoms. The van der Waals surface area contributed by atoms with E-state index in [0.717, 1.165) is 6.42 Å². The van der Waals surface area contributed by atoms with Crippen molar-refractivity contribution in [1.29, 1.82) is 0 Å². The maximum atomic E-state index is 12.3.